The third kappa shape index (κ3) is 4.19. The van der Waals surface area contributed by atoms with E-state index in [0.29, 0.717) is 4.68 Å². The first kappa shape index (κ1) is 19.9. The Morgan fingerprint density at radius 1 is 1.32 bits per heavy atom. The number of hydrogen-bond acceptors (Lipinski definition) is 3. The van der Waals surface area contributed by atoms with Gasteiger partial charge in [-0.15, -0.1) is 0 Å². The van der Waals surface area contributed by atoms with Crippen LogP contribution in [0.25, 0.3) is 0 Å². The summed E-state index contributed by atoms with van der Waals surface area (Å²) in [4.78, 5) is 23.7. The van der Waals surface area contributed by atoms with Gasteiger partial charge in [0.25, 0.3) is 12.7 Å². The molecule has 3 N–H and O–H groups in total. The molecule has 0 radical (unpaired) electrons. The Labute approximate surface area is 161 Å². The van der Waals surface area contributed by atoms with Crippen molar-refractivity contribution >= 4 is 23.5 Å². The van der Waals surface area contributed by atoms with E-state index in [0.717, 1.165) is 12.3 Å². The molecule has 3 rings (SSSR count). The Bertz CT molecular complexity index is 894. The predicted octanol–water partition coefficient (Wildman–Crippen LogP) is 2.30. The fraction of sp³-hybridized carbons (Fsp3) is 0.312. The minimum absolute atomic E-state index is 0.0246. The van der Waals surface area contributed by atoms with E-state index in [-0.39, 0.29) is 22.8 Å². The van der Waals surface area contributed by atoms with E-state index in [1.54, 1.807) is 0 Å². The van der Waals surface area contributed by atoms with Crippen LogP contribution in [-0.2, 0) is 4.79 Å². The van der Waals surface area contributed by atoms with E-state index in [2.05, 4.69) is 21.0 Å². The highest BCUT2D eigenvalue weighted by Crippen LogP contribution is 2.27. The van der Waals surface area contributed by atoms with Crippen LogP contribution in [0.3, 0.4) is 0 Å². The lowest BCUT2D eigenvalue weighted by Crippen LogP contribution is -2.44. The van der Waals surface area contributed by atoms with Crippen LogP contribution in [0.2, 0.25) is 5.02 Å². The van der Waals surface area contributed by atoms with Gasteiger partial charge in [-0.25, -0.2) is 27.0 Å². The summed E-state index contributed by atoms with van der Waals surface area (Å²) in [7, 11) is 0. The molecule has 3 amide bonds. The first-order valence-corrected chi connectivity index (χ1v) is 8.41. The van der Waals surface area contributed by atoms with Crippen molar-refractivity contribution in [1.29, 1.82) is 0 Å². The van der Waals surface area contributed by atoms with Crippen LogP contribution < -0.4 is 16.0 Å². The minimum Gasteiger partial charge on any atom is -0.342 e. The molecule has 2 heterocycles. The van der Waals surface area contributed by atoms with Crippen molar-refractivity contribution in [1.82, 2.24) is 25.7 Å². The topological polar surface area (TPSA) is 88.1 Å². The molecule has 1 unspecified atom stereocenters. The summed E-state index contributed by atoms with van der Waals surface area (Å²) in [5.41, 5.74) is 0.311. The van der Waals surface area contributed by atoms with Crippen molar-refractivity contribution in [3.05, 3.63) is 52.6 Å². The molecule has 0 spiro atoms. The Kier molecular flexibility index (Phi) is 5.73. The Balaban J connectivity index is 1.91. The highest BCUT2D eigenvalue weighted by molar-refractivity contribution is 6.30. The van der Waals surface area contributed by atoms with Crippen LogP contribution in [0.4, 0.5) is 22.4 Å². The second-order valence-electron chi connectivity index (χ2n) is 5.95. The van der Waals surface area contributed by atoms with Gasteiger partial charge in [-0.3, -0.25) is 4.79 Å². The molecule has 0 aliphatic carbocycles. The monoisotopic (exact) mass is 419 g/mol. The standard InChI is InChI=1S/C16H14ClF4N5O2/c17-8-5-7(1-2-9(8)18)12(24-15(27)11-6-22-16(28)23-11)10-3-4-26(25-10)14(21)13(19)20/h1-5,11-14H,6H2,(H,24,27)(H2,22,23,28)/t11-,12-,14?/m0/s1. The molecule has 1 saturated heterocycles. The average molecular weight is 420 g/mol. The number of carbonyl (C=O) groups excluding carboxylic acids is 2. The molecule has 7 nitrogen and oxygen atoms in total. The zero-order valence-corrected chi connectivity index (χ0v) is 14.8. The van der Waals surface area contributed by atoms with Crippen LogP contribution in [0.5, 0.6) is 0 Å². The van der Waals surface area contributed by atoms with Crippen LogP contribution in [0, 0.1) is 5.82 Å². The van der Waals surface area contributed by atoms with Gasteiger partial charge in [0, 0.05) is 12.7 Å². The highest BCUT2D eigenvalue weighted by atomic mass is 35.5. The molecular weight excluding hydrogens is 406 g/mol. The molecule has 1 fully saturated rings. The molecule has 1 aromatic heterocycles. The van der Waals surface area contributed by atoms with Crippen molar-refractivity contribution < 1.29 is 27.2 Å². The van der Waals surface area contributed by atoms with E-state index in [9.17, 15) is 27.2 Å². The first-order chi connectivity index (χ1) is 13.3. The van der Waals surface area contributed by atoms with Crippen LogP contribution in [0.15, 0.2) is 30.5 Å². The number of hydrogen-bond donors (Lipinski definition) is 3. The highest BCUT2D eigenvalue weighted by Gasteiger charge is 2.31. The second kappa shape index (κ2) is 8.05. The van der Waals surface area contributed by atoms with Crippen molar-refractivity contribution in [2.24, 2.45) is 0 Å². The van der Waals surface area contributed by atoms with E-state index in [4.69, 9.17) is 11.6 Å². The fourth-order valence-electron chi connectivity index (χ4n) is 2.64. The van der Waals surface area contributed by atoms with Crippen LogP contribution in [0.1, 0.15) is 23.6 Å². The predicted molar refractivity (Wildman–Crippen MR) is 90.1 cm³/mol. The van der Waals surface area contributed by atoms with Crippen molar-refractivity contribution in [2.75, 3.05) is 6.54 Å². The molecule has 1 aromatic carbocycles. The van der Waals surface area contributed by atoms with Crippen molar-refractivity contribution in [3.8, 4) is 0 Å². The van der Waals surface area contributed by atoms with Gasteiger partial charge in [0.2, 0.25) is 5.91 Å². The lowest BCUT2D eigenvalue weighted by molar-refractivity contribution is -0.123. The zero-order chi connectivity index (χ0) is 20.4. The van der Waals surface area contributed by atoms with Gasteiger partial charge in [-0.1, -0.05) is 17.7 Å². The van der Waals surface area contributed by atoms with Gasteiger partial charge in [-0.05, 0) is 23.8 Å². The van der Waals surface area contributed by atoms with Crippen LogP contribution >= 0.6 is 11.6 Å². The SMILES string of the molecule is O=C1NC[C@@H](C(=O)N[C@@H](c2ccc(F)c(Cl)c2)c2ccn(C(F)C(F)F)n2)N1. The normalized spacial score (nSPS) is 18.5. The van der Waals surface area contributed by atoms with E-state index >= 15 is 0 Å². The average Bonchev–Trinajstić information content (AvgIpc) is 3.30. The van der Waals surface area contributed by atoms with Gasteiger partial charge < -0.3 is 16.0 Å². The smallest absolute Gasteiger partial charge is 0.315 e. The Morgan fingerprint density at radius 3 is 2.68 bits per heavy atom. The number of nitrogens with zero attached hydrogens (tertiary/aromatic N) is 2. The lowest BCUT2D eigenvalue weighted by atomic mass is 10.0. The molecule has 150 valence electrons. The van der Waals surface area contributed by atoms with E-state index in [1.165, 1.54) is 18.2 Å². The van der Waals surface area contributed by atoms with Gasteiger partial charge in [0.05, 0.1) is 16.8 Å². The van der Waals surface area contributed by atoms with Crippen LogP contribution in [-0.4, -0.2) is 40.7 Å². The largest absolute Gasteiger partial charge is 0.342 e. The molecule has 1 aliphatic rings. The van der Waals surface area contributed by atoms with Crippen molar-refractivity contribution in [3.63, 3.8) is 0 Å². The molecule has 2 aromatic rings. The van der Waals surface area contributed by atoms with Gasteiger partial charge in [-0.2, -0.15) is 5.10 Å². The number of nitrogens with one attached hydrogen (secondary N) is 3. The number of rotatable bonds is 6. The maximum atomic E-state index is 13.5. The van der Waals surface area contributed by atoms with E-state index in [1.807, 2.05) is 0 Å². The molecule has 3 atom stereocenters. The quantitative estimate of drug-likeness (QED) is 0.628. The van der Waals surface area contributed by atoms with Gasteiger partial charge >= 0.3 is 6.03 Å². The third-order valence-corrected chi connectivity index (χ3v) is 4.33. The first-order valence-electron chi connectivity index (χ1n) is 8.03. The second-order valence-corrected chi connectivity index (χ2v) is 6.36. The number of halogens is 5. The summed E-state index contributed by atoms with van der Waals surface area (Å²) >= 11 is 5.79. The molecule has 12 heteroatoms. The summed E-state index contributed by atoms with van der Waals surface area (Å²) in [5.74, 6) is -1.31. The molecule has 0 saturated carbocycles. The zero-order valence-electron chi connectivity index (χ0n) is 14.0. The minimum atomic E-state index is -3.29. The molecule has 0 bridgehead atoms. The summed E-state index contributed by atoms with van der Waals surface area (Å²) in [6.45, 7) is 0.0357. The number of alkyl halides is 3. The maximum absolute atomic E-state index is 13.5. The number of benzene rings is 1. The summed E-state index contributed by atoms with van der Waals surface area (Å²) in [5, 5.41) is 10.9. The summed E-state index contributed by atoms with van der Waals surface area (Å²) in [6, 6.07) is 2.38. The number of urea groups is 1. The van der Waals surface area contributed by atoms with Crippen molar-refractivity contribution in [2.45, 2.75) is 24.8 Å². The lowest BCUT2D eigenvalue weighted by Gasteiger charge is -2.20. The summed E-state index contributed by atoms with van der Waals surface area (Å²) < 4.78 is 52.6. The number of amides is 3. The van der Waals surface area contributed by atoms with E-state index < -0.39 is 42.6 Å². The molecule has 28 heavy (non-hydrogen) atoms. The number of aromatic nitrogens is 2. The third-order valence-electron chi connectivity index (χ3n) is 4.04. The maximum Gasteiger partial charge on any atom is 0.315 e. The Morgan fingerprint density at radius 2 is 2.07 bits per heavy atom. The molecule has 1 aliphatic heterocycles. The number of carbonyl (C=O) groups is 2. The van der Waals surface area contributed by atoms with Gasteiger partial charge in [0.15, 0.2) is 0 Å². The summed E-state index contributed by atoms with van der Waals surface area (Å²) in [6.07, 6.45) is -4.96. The molecular formula is C16H14ClF4N5O2. The Hall–Kier alpha value is -2.82. The van der Waals surface area contributed by atoms with Gasteiger partial charge in [0.1, 0.15) is 11.9 Å². The fourth-order valence-corrected chi connectivity index (χ4v) is 2.82.